The Morgan fingerprint density at radius 1 is 1.11 bits per heavy atom. The minimum absolute atomic E-state index is 0.267. The van der Waals surface area contributed by atoms with Gasteiger partial charge in [-0.3, -0.25) is 9.80 Å². The van der Waals surface area contributed by atoms with Gasteiger partial charge in [0.25, 0.3) is 0 Å². The van der Waals surface area contributed by atoms with Crippen molar-refractivity contribution in [3.05, 3.63) is 0 Å². The summed E-state index contributed by atoms with van der Waals surface area (Å²) in [6.45, 7) is 8.19. The van der Waals surface area contributed by atoms with E-state index in [2.05, 4.69) is 21.7 Å². The van der Waals surface area contributed by atoms with E-state index in [0.29, 0.717) is 0 Å². The lowest BCUT2D eigenvalue weighted by Gasteiger charge is -2.51. The molecule has 1 saturated carbocycles. The average Bonchev–Trinajstić information content (AvgIpc) is 3.23. The second-order valence-corrected chi connectivity index (χ2v) is 6.52. The van der Waals surface area contributed by atoms with Crippen LogP contribution in [0.1, 0.15) is 25.7 Å². The molecule has 0 spiro atoms. The van der Waals surface area contributed by atoms with Crippen LogP contribution in [0, 0.1) is 0 Å². The van der Waals surface area contributed by atoms with Crippen molar-refractivity contribution in [2.24, 2.45) is 5.73 Å². The Kier molecular flexibility index (Phi) is 3.63. The van der Waals surface area contributed by atoms with Gasteiger partial charge in [0.05, 0.1) is 0 Å². The number of likely N-dealkylation sites (tertiary alicyclic amines) is 1. The van der Waals surface area contributed by atoms with E-state index in [1.807, 2.05) is 0 Å². The molecule has 4 nitrogen and oxygen atoms in total. The third-order valence-electron chi connectivity index (χ3n) is 5.17. The molecular weight excluding hydrogens is 224 g/mol. The van der Waals surface area contributed by atoms with Crippen molar-refractivity contribution in [3.8, 4) is 0 Å². The fraction of sp³-hybridized carbons (Fsp3) is 1.00. The van der Waals surface area contributed by atoms with Crippen LogP contribution in [0.2, 0.25) is 0 Å². The zero-order valence-corrected chi connectivity index (χ0v) is 11.8. The fourth-order valence-electron chi connectivity index (χ4n) is 3.89. The molecule has 0 bridgehead atoms. The highest BCUT2D eigenvalue weighted by Gasteiger charge is 2.41. The number of nitrogens with zero attached hydrogens (tertiary/aromatic N) is 3. The normalized spacial score (nSPS) is 37.0. The van der Waals surface area contributed by atoms with Crippen LogP contribution in [0.3, 0.4) is 0 Å². The Balaban J connectivity index is 1.61. The van der Waals surface area contributed by atoms with Gasteiger partial charge in [0.15, 0.2) is 0 Å². The number of piperidine rings is 1. The van der Waals surface area contributed by atoms with E-state index in [1.54, 1.807) is 0 Å². The lowest BCUT2D eigenvalue weighted by molar-refractivity contribution is -0.00846. The van der Waals surface area contributed by atoms with E-state index >= 15 is 0 Å². The lowest BCUT2D eigenvalue weighted by atomic mass is 9.86. The number of rotatable bonds is 3. The Labute approximate surface area is 111 Å². The number of hydrogen-bond donors (Lipinski definition) is 1. The largest absolute Gasteiger partial charge is 0.329 e. The highest BCUT2D eigenvalue weighted by molar-refractivity contribution is 4.99. The van der Waals surface area contributed by atoms with Crippen LogP contribution in [0.5, 0.6) is 0 Å². The summed E-state index contributed by atoms with van der Waals surface area (Å²) in [5, 5.41) is 0. The molecule has 1 aliphatic carbocycles. The summed E-state index contributed by atoms with van der Waals surface area (Å²) in [6, 6.07) is 0.926. The molecular formula is C14H28N4. The van der Waals surface area contributed by atoms with Crippen LogP contribution < -0.4 is 5.73 Å². The van der Waals surface area contributed by atoms with Crippen LogP contribution in [0.15, 0.2) is 0 Å². The summed E-state index contributed by atoms with van der Waals surface area (Å²) < 4.78 is 0. The van der Waals surface area contributed by atoms with Gasteiger partial charge >= 0.3 is 0 Å². The van der Waals surface area contributed by atoms with E-state index < -0.39 is 0 Å². The van der Waals surface area contributed by atoms with E-state index in [0.717, 1.165) is 19.1 Å². The summed E-state index contributed by atoms with van der Waals surface area (Å²) in [7, 11) is 2.24. The quantitative estimate of drug-likeness (QED) is 0.778. The predicted molar refractivity (Wildman–Crippen MR) is 74.7 cm³/mol. The maximum Gasteiger partial charge on any atom is 0.0459 e. The standard InChI is InChI=1S/C14H28N4/c1-16-6-2-5-14(11-15,12-16)18-9-7-17(8-10-18)13-3-4-13/h13H,2-12,15H2,1H3. The molecule has 0 radical (unpaired) electrons. The third-order valence-corrected chi connectivity index (χ3v) is 5.17. The summed E-state index contributed by atoms with van der Waals surface area (Å²) in [5.41, 5.74) is 6.42. The molecule has 18 heavy (non-hydrogen) atoms. The van der Waals surface area contributed by atoms with E-state index in [4.69, 9.17) is 5.73 Å². The highest BCUT2D eigenvalue weighted by atomic mass is 15.3. The fourth-order valence-corrected chi connectivity index (χ4v) is 3.89. The van der Waals surface area contributed by atoms with Gasteiger partial charge in [-0.2, -0.15) is 0 Å². The first-order chi connectivity index (χ1) is 8.73. The van der Waals surface area contributed by atoms with Gasteiger partial charge in [-0.1, -0.05) is 0 Å². The van der Waals surface area contributed by atoms with Gasteiger partial charge in [-0.05, 0) is 39.3 Å². The molecule has 4 heteroatoms. The summed E-state index contributed by atoms with van der Waals surface area (Å²) >= 11 is 0. The maximum atomic E-state index is 6.16. The van der Waals surface area contributed by atoms with Gasteiger partial charge in [0.2, 0.25) is 0 Å². The maximum absolute atomic E-state index is 6.16. The first-order valence-corrected chi connectivity index (χ1v) is 7.61. The first kappa shape index (κ1) is 12.9. The van der Waals surface area contributed by atoms with Crippen molar-refractivity contribution < 1.29 is 0 Å². The van der Waals surface area contributed by atoms with Crippen molar-refractivity contribution in [2.45, 2.75) is 37.3 Å². The molecule has 1 atom stereocenters. The van der Waals surface area contributed by atoms with Crippen LogP contribution >= 0.6 is 0 Å². The van der Waals surface area contributed by atoms with Gasteiger partial charge in [0, 0.05) is 50.8 Å². The molecule has 0 aromatic carbocycles. The molecule has 3 aliphatic rings. The molecule has 0 aromatic rings. The highest BCUT2D eigenvalue weighted by Crippen LogP contribution is 2.31. The van der Waals surface area contributed by atoms with Gasteiger partial charge in [-0.15, -0.1) is 0 Å². The summed E-state index contributed by atoms with van der Waals surface area (Å²) in [4.78, 5) is 7.85. The molecule has 2 heterocycles. The average molecular weight is 252 g/mol. The topological polar surface area (TPSA) is 35.7 Å². The molecule has 3 rings (SSSR count). The molecule has 0 amide bonds. The Hall–Kier alpha value is -0.160. The molecule has 104 valence electrons. The van der Waals surface area contributed by atoms with Crippen molar-refractivity contribution in [2.75, 3.05) is 52.9 Å². The van der Waals surface area contributed by atoms with Crippen LogP contribution in [-0.4, -0.2) is 79.1 Å². The van der Waals surface area contributed by atoms with Crippen molar-refractivity contribution in [1.29, 1.82) is 0 Å². The van der Waals surface area contributed by atoms with Gasteiger partial charge in [0.1, 0.15) is 0 Å². The van der Waals surface area contributed by atoms with Crippen molar-refractivity contribution in [1.82, 2.24) is 14.7 Å². The molecule has 2 N–H and O–H groups in total. The van der Waals surface area contributed by atoms with E-state index in [9.17, 15) is 0 Å². The molecule has 2 saturated heterocycles. The zero-order chi connectivity index (χ0) is 12.6. The minimum Gasteiger partial charge on any atom is -0.329 e. The van der Waals surface area contributed by atoms with E-state index in [1.165, 1.54) is 58.4 Å². The van der Waals surface area contributed by atoms with Crippen molar-refractivity contribution in [3.63, 3.8) is 0 Å². The SMILES string of the molecule is CN1CCCC(CN)(N2CCN(C3CC3)CC2)C1. The first-order valence-electron chi connectivity index (χ1n) is 7.61. The summed E-state index contributed by atoms with van der Waals surface area (Å²) in [5.74, 6) is 0. The second-order valence-electron chi connectivity index (χ2n) is 6.52. The van der Waals surface area contributed by atoms with E-state index in [-0.39, 0.29) is 5.54 Å². The van der Waals surface area contributed by atoms with Crippen LogP contribution in [0.25, 0.3) is 0 Å². The number of piperazine rings is 1. The zero-order valence-electron chi connectivity index (χ0n) is 11.8. The van der Waals surface area contributed by atoms with Crippen LogP contribution in [0.4, 0.5) is 0 Å². The lowest BCUT2D eigenvalue weighted by Crippen LogP contribution is -2.65. The summed E-state index contributed by atoms with van der Waals surface area (Å²) in [6.07, 6.45) is 5.46. The molecule has 0 aromatic heterocycles. The Morgan fingerprint density at radius 3 is 2.39 bits per heavy atom. The number of hydrogen-bond acceptors (Lipinski definition) is 4. The molecule has 1 unspecified atom stereocenters. The Bertz CT molecular complexity index is 284. The third kappa shape index (κ3) is 2.44. The minimum atomic E-state index is 0.267. The van der Waals surface area contributed by atoms with Crippen molar-refractivity contribution >= 4 is 0 Å². The van der Waals surface area contributed by atoms with Gasteiger partial charge in [-0.25, -0.2) is 0 Å². The number of likely N-dealkylation sites (N-methyl/N-ethyl adjacent to an activating group) is 1. The smallest absolute Gasteiger partial charge is 0.0459 e. The second kappa shape index (κ2) is 5.08. The molecule has 2 aliphatic heterocycles. The monoisotopic (exact) mass is 252 g/mol. The number of nitrogens with two attached hydrogens (primary N) is 1. The molecule has 3 fully saturated rings. The van der Waals surface area contributed by atoms with Gasteiger partial charge < -0.3 is 10.6 Å². The Morgan fingerprint density at radius 2 is 1.83 bits per heavy atom. The van der Waals surface area contributed by atoms with Crippen LogP contribution in [-0.2, 0) is 0 Å². The predicted octanol–water partition coefficient (Wildman–Crippen LogP) is 0.190.